The number of nitrogen functional groups attached to an aromatic ring is 1. The number of benzene rings is 1. The molecule has 26 heavy (non-hydrogen) atoms. The van der Waals surface area contributed by atoms with Crippen molar-refractivity contribution in [2.45, 2.75) is 12.2 Å². The van der Waals surface area contributed by atoms with E-state index in [-0.39, 0.29) is 23.7 Å². The molecule has 0 aromatic heterocycles. The monoisotopic (exact) mass is 401 g/mol. The molecule has 1 heterocycles. The zero-order chi connectivity index (χ0) is 19.1. The number of rotatable bonds is 7. The first-order valence-corrected chi connectivity index (χ1v) is 9.78. The molecule has 0 aliphatic carbocycles. The maximum absolute atomic E-state index is 12.5. The van der Waals surface area contributed by atoms with Crippen LogP contribution in [0.4, 0.5) is 5.69 Å². The Labute approximate surface area is 162 Å². The Morgan fingerprint density at radius 2 is 2.23 bits per heavy atom. The first-order valence-electron chi connectivity index (χ1n) is 8.35. The van der Waals surface area contributed by atoms with Crippen molar-refractivity contribution < 1.29 is 19.1 Å². The highest BCUT2D eigenvalue weighted by Gasteiger charge is 2.24. The van der Waals surface area contributed by atoms with Gasteiger partial charge in [0.2, 0.25) is 0 Å². The Balaban J connectivity index is 1.91. The number of methoxy groups -OCH3 is 1. The molecule has 1 aromatic carbocycles. The minimum Gasteiger partial charge on any atom is -0.496 e. The van der Waals surface area contributed by atoms with Crippen molar-refractivity contribution in [2.24, 2.45) is 0 Å². The first-order chi connectivity index (χ1) is 12.4. The van der Waals surface area contributed by atoms with Gasteiger partial charge in [-0.2, -0.15) is 11.8 Å². The summed E-state index contributed by atoms with van der Waals surface area (Å²) in [6.45, 7) is 4.47. The molecule has 1 aliphatic heterocycles. The van der Waals surface area contributed by atoms with Gasteiger partial charge < -0.3 is 20.5 Å². The summed E-state index contributed by atoms with van der Waals surface area (Å²) in [5.41, 5.74) is 6.44. The first kappa shape index (κ1) is 20.7. The average Bonchev–Trinajstić information content (AvgIpc) is 2.62. The number of esters is 1. The fourth-order valence-electron chi connectivity index (χ4n) is 2.65. The van der Waals surface area contributed by atoms with Crippen LogP contribution in [0, 0.1) is 0 Å². The largest absolute Gasteiger partial charge is 0.496 e. The molecular weight excluding hydrogens is 378 g/mol. The second kappa shape index (κ2) is 9.89. The standard InChI is InChI=1S/C17H24ClN3O4S/c1-3-25-16(22)10-21-4-5-26-11(9-21)8-20-17(23)12-6-13(18)14(19)7-15(12)24-2/h6-7,11H,3-5,8-10,19H2,1-2H3,(H,20,23). The van der Waals surface area contributed by atoms with Gasteiger partial charge in [-0.15, -0.1) is 0 Å². The summed E-state index contributed by atoms with van der Waals surface area (Å²) in [6, 6.07) is 3.04. The number of thioether (sulfide) groups is 1. The maximum atomic E-state index is 12.5. The summed E-state index contributed by atoms with van der Waals surface area (Å²) in [5.74, 6) is 0.789. The number of carbonyl (C=O) groups is 2. The van der Waals surface area contributed by atoms with Crippen LogP contribution >= 0.6 is 23.4 Å². The number of carbonyl (C=O) groups excluding carboxylic acids is 2. The number of nitrogens with one attached hydrogen (secondary N) is 1. The van der Waals surface area contributed by atoms with Gasteiger partial charge in [-0.1, -0.05) is 11.6 Å². The molecule has 1 fully saturated rings. The smallest absolute Gasteiger partial charge is 0.320 e. The summed E-state index contributed by atoms with van der Waals surface area (Å²) < 4.78 is 10.2. The van der Waals surface area contributed by atoms with E-state index in [0.717, 1.165) is 12.3 Å². The minimum absolute atomic E-state index is 0.192. The van der Waals surface area contributed by atoms with Gasteiger partial charge in [-0.3, -0.25) is 14.5 Å². The molecule has 0 spiro atoms. The maximum Gasteiger partial charge on any atom is 0.320 e. The van der Waals surface area contributed by atoms with Crippen LogP contribution < -0.4 is 15.8 Å². The zero-order valence-corrected chi connectivity index (χ0v) is 16.5. The van der Waals surface area contributed by atoms with Crippen molar-refractivity contribution in [3.05, 3.63) is 22.7 Å². The summed E-state index contributed by atoms with van der Waals surface area (Å²) in [6.07, 6.45) is 0. The third kappa shape index (κ3) is 5.69. The molecule has 7 nitrogen and oxygen atoms in total. The average molecular weight is 402 g/mol. The van der Waals surface area contributed by atoms with E-state index < -0.39 is 0 Å². The molecule has 9 heteroatoms. The third-order valence-corrected chi connectivity index (χ3v) is 5.47. The Hall–Kier alpha value is -1.64. The van der Waals surface area contributed by atoms with Crippen molar-refractivity contribution in [1.29, 1.82) is 0 Å². The van der Waals surface area contributed by atoms with Crippen LogP contribution in [0.15, 0.2) is 12.1 Å². The van der Waals surface area contributed by atoms with E-state index in [9.17, 15) is 9.59 Å². The van der Waals surface area contributed by atoms with E-state index in [1.54, 1.807) is 18.7 Å². The number of hydrogen-bond donors (Lipinski definition) is 2. The summed E-state index contributed by atoms with van der Waals surface area (Å²) in [7, 11) is 1.48. The van der Waals surface area contributed by atoms with E-state index in [0.29, 0.717) is 41.7 Å². The fourth-order valence-corrected chi connectivity index (χ4v) is 4.03. The Morgan fingerprint density at radius 1 is 1.46 bits per heavy atom. The molecule has 144 valence electrons. The van der Waals surface area contributed by atoms with E-state index in [2.05, 4.69) is 5.32 Å². The van der Waals surface area contributed by atoms with Gasteiger partial charge in [0.25, 0.3) is 5.91 Å². The van der Waals surface area contributed by atoms with Gasteiger partial charge in [0, 0.05) is 36.7 Å². The Kier molecular flexibility index (Phi) is 7.86. The van der Waals surface area contributed by atoms with E-state index in [1.807, 2.05) is 4.90 Å². The van der Waals surface area contributed by atoms with Crippen molar-refractivity contribution in [1.82, 2.24) is 10.2 Å². The van der Waals surface area contributed by atoms with Crippen LogP contribution in [0.3, 0.4) is 0 Å². The van der Waals surface area contributed by atoms with Gasteiger partial charge in [-0.25, -0.2) is 0 Å². The second-order valence-electron chi connectivity index (χ2n) is 5.82. The number of nitrogens with two attached hydrogens (primary N) is 1. The molecule has 3 N–H and O–H groups in total. The lowest BCUT2D eigenvalue weighted by atomic mass is 10.1. The van der Waals surface area contributed by atoms with Crippen LogP contribution in [0.25, 0.3) is 0 Å². The lowest BCUT2D eigenvalue weighted by Gasteiger charge is -2.31. The Bertz CT molecular complexity index is 659. The van der Waals surface area contributed by atoms with E-state index in [1.165, 1.54) is 19.2 Å². The van der Waals surface area contributed by atoms with Crippen molar-refractivity contribution in [2.75, 3.05) is 51.4 Å². The molecule has 2 rings (SSSR count). The van der Waals surface area contributed by atoms with Crippen molar-refractivity contribution >= 4 is 40.9 Å². The molecule has 0 radical (unpaired) electrons. The van der Waals surface area contributed by atoms with Crippen LogP contribution in [0.5, 0.6) is 5.75 Å². The number of anilines is 1. The molecule has 1 saturated heterocycles. The highest BCUT2D eigenvalue weighted by Crippen LogP contribution is 2.29. The van der Waals surface area contributed by atoms with E-state index in [4.69, 9.17) is 26.8 Å². The quantitative estimate of drug-likeness (QED) is 0.529. The SMILES string of the molecule is CCOC(=O)CN1CCSC(CNC(=O)c2cc(Cl)c(N)cc2OC)C1. The van der Waals surface area contributed by atoms with Gasteiger partial charge in [0.1, 0.15) is 5.75 Å². The number of amides is 1. The fraction of sp³-hybridized carbons (Fsp3) is 0.529. The summed E-state index contributed by atoms with van der Waals surface area (Å²) in [5, 5.41) is 3.41. The molecular formula is C17H24ClN3O4S. The second-order valence-corrected chi connectivity index (χ2v) is 7.63. The highest BCUT2D eigenvalue weighted by atomic mass is 35.5. The van der Waals surface area contributed by atoms with Crippen LogP contribution in [-0.4, -0.2) is 67.7 Å². The Morgan fingerprint density at radius 3 is 2.92 bits per heavy atom. The number of halogens is 1. The third-order valence-electron chi connectivity index (χ3n) is 3.93. The predicted molar refractivity (Wildman–Crippen MR) is 104 cm³/mol. The topological polar surface area (TPSA) is 93.9 Å². The van der Waals surface area contributed by atoms with Crippen LogP contribution in [0.2, 0.25) is 5.02 Å². The lowest BCUT2D eigenvalue weighted by Crippen LogP contribution is -2.45. The van der Waals surface area contributed by atoms with Gasteiger partial charge in [0.05, 0.1) is 36.5 Å². The summed E-state index contributed by atoms with van der Waals surface area (Å²) in [4.78, 5) is 26.2. The van der Waals surface area contributed by atoms with Crippen LogP contribution in [-0.2, 0) is 9.53 Å². The molecule has 1 aromatic rings. The van der Waals surface area contributed by atoms with E-state index >= 15 is 0 Å². The lowest BCUT2D eigenvalue weighted by molar-refractivity contribution is -0.144. The molecule has 1 amide bonds. The zero-order valence-electron chi connectivity index (χ0n) is 14.9. The van der Waals surface area contributed by atoms with Crippen molar-refractivity contribution in [3.8, 4) is 5.75 Å². The number of hydrogen-bond acceptors (Lipinski definition) is 7. The van der Waals surface area contributed by atoms with Gasteiger partial charge in [0.15, 0.2) is 0 Å². The molecule has 1 atom stereocenters. The van der Waals surface area contributed by atoms with Gasteiger partial charge in [-0.05, 0) is 13.0 Å². The molecule has 1 unspecified atom stereocenters. The van der Waals surface area contributed by atoms with Gasteiger partial charge >= 0.3 is 5.97 Å². The molecule has 0 bridgehead atoms. The normalized spacial score (nSPS) is 17.6. The number of nitrogens with zero attached hydrogens (tertiary/aromatic N) is 1. The van der Waals surface area contributed by atoms with Crippen molar-refractivity contribution in [3.63, 3.8) is 0 Å². The molecule has 1 aliphatic rings. The minimum atomic E-state index is -0.271. The molecule has 0 saturated carbocycles. The summed E-state index contributed by atoms with van der Waals surface area (Å²) >= 11 is 7.79. The highest BCUT2D eigenvalue weighted by molar-refractivity contribution is 8.00. The predicted octanol–water partition coefficient (Wildman–Crippen LogP) is 1.64. The van der Waals surface area contributed by atoms with Crippen LogP contribution in [0.1, 0.15) is 17.3 Å². The number of ether oxygens (including phenoxy) is 2.